The number of phenolic OH excluding ortho intramolecular Hbond substituents is 2. The zero-order valence-corrected chi connectivity index (χ0v) is 13.8. The second kappa shape index (κ2) is 5.58. The first-order valence-electron chi connectivity index (χ1n) is 6.62. The van der Waals surface area contributed by atoms with Gasteiger partial charge in [-0.15, -0.1) is 0 Å². The van der Waals surface area contributed by atoms with E-state index in [0.717, 1.165) is 22.2 Å². The second-order valence-electron chi connectivity index (χ2n) is 4.92. The van der Waals surface area contributed by atoms with Crippen LogP contribution in [0.4, 0.5) is 0 Å². The number of benzene rings is 2. The van der Waals surface area contributed by atoms with Crippen LogP contribution < -0.4 is 0 Å². The first-order chi connectivity index (χ1) is 10.4. The van der Waals surface area contributed by atoms with E-state index in [4.69, 9.17) is 34.8 Å². The molecule has 0 atom stereocenters. The number of fused-ring (bicyclic) bond motifs is 1. The van der Waals surface area contributed by atoms with Crippen LogP contribution in [0.3, 0.4) is 0 Å². The molecule has 0 saturated heterocycles. The van der Waals surface area contributed by atoms with Crippen molar-refractivity contribution >= 4 is 45.7 Å². The van der Waals surface area contributed by atoms with Gasteiger partial charge in [0.15, 0.2) is 5.75 Å². The zero-order valence-electron chi connectivity index (χ0n) is 11.6. The first-order valence-corrected chi connectivity index (χ1v) is 7.76. The summed E-state index contributed by atoms with van der Waals surface area (Å²) in [4.78, 5) is 0. The summed E-state index contributed by atoms with van der Waals surface area (Å²) in [7, 11) is 0. The number of aromatic nitrogens is 1. The van der Waals surface area contributed by atoms with Crippen LogP contribution in [0.25, 0.3) is 22.2 Å². The van der Waals surface area contributed by atoms with Gasteiger partial charge in [-0.3, -0.25) is 0 Å². The molecule has 1 aromatic heterocycles. The largest absolute Gasteiger partial charge is 0.508 e. The molecule has 0 unspecified atom stereocenters. The summed E-state index contributed by atoms with van der Waals surface area (Å²) in [5.41, 5.74) is 2.44. The van der Waals surface area contributed by atoms with Gasteiger partial charge in [0.25, 0.3) is 0 Å². The molecule has 3 aromatic rings. The average Bonchev–Trinajstić information content (AvgIpc) is 2.82. The summed E-state index contributed by atoms with van der Waals surface area (Å²) in [5.74, 6) is -0.0273. The molecule has 0 amide bonds. The van der Waals surface area contributed by atoms with Crippen LogP contribution in [0.2, 0.25) is 15.1 Å². The molecule has 0 saturated carbocycles. The van der Waals surface area contributed by atoms with Crippen LogP contribution in [-0.4, -0.2) is 14.8 Å². The summed E-state index contributed by atoms with van der Waals surface area (Å²) < 4.78 is 2.00. The van der Waals surface area contributed by atoms with Crippen molar-refractivity contribution in [3.63, 3.8) is 0 Å². The fraction of sp³-hybridized carbons (Fsp3) is 0.125. The molecule has 6 heteroatoms. The Morgan fingerprint density at radius 2 is 1.55 bits per heavy atom. The molecule has 1 heterocycles. The van der Waals surface area contributed by atoms with E-state index in [1.807, 2.05) is 17.6 Å². The molecule has 22 heavy (non-hydrogen) atoms. The van der Waals surface area contributed by atoms with Gasteiger partial charge in [-0.05, 0) is 31.2 Å². The highest BCUT2D eigenvalue weighted by atomic mass is 35.5. The van der Waals surface area contributed by atoms with Crippen molar-refractivity contribution in [2.24, 2.45) is 0 Å². The number of aryl methyl sites for hydroxylation is 1. The van der Waals surface area contributed by atoms with Gasteiger partial charge >= 0.3 is 0 Å². The lowest BCUT2D eigenvalue weighted by Gasteiger charge is -2.10. The first kappa shape index (κ1) is 15.3. The van der Waals surface area contributed by atoms with Crippen LogP contribution in [0.1, 0.15) is 6.92 Å². The molecule has 114 valence electrons. The Bertz CT molecular complexity index is 864. The topological polar surface area (TPSA) is 45.4 Å². The highest BCUT2D eigenvalue weighted by Crippen LogP contribution is 2.40. The zero-order chi connectivity index (χ0) is 16.0. The van der Waals surface area contributed by atoms with E-state index in [1.54, 1.807) is 18.2 Å². The van der Waals surface area contributed by atoms with E-state index in [1.165, 1.54) is 6.07 Å². The number of nitrogens with zero attached hydrogens (tertiary/aromatic N) is 1. The van der Waals surface area contributed by atoms with E-state index in [0.29, 0.717) is 11.6 Å². The van der Waals surface area contributed by atoms with Gasteiger partial charge < -0.3 is 14.8 Å². The third kappa shape index (κ3) is 2.39. The van der Waals surface area contributed by atoms with Crippen LogP contribution in [0, 0.1) is 0 Å². The fourth-order valence-electron chi connectivity index (χ4n) is 2.59. The number of aromatic hydroxyl groups is 2. The minimum Gasteiger partial charge on any atom is -0.508 e. The van der Waals surface area contributed by atoms with Gasteiger partial charge in [0.2, 0.25) is 0 Å². The van der Waals surface area contributed by atoms with Crippen molar-refractivity contribution in [2.45, 2.75) is 13.5 Å². The highest BCUT2D eigenvalue weighted by molar-refractivity contribution is 6.37. The second-order valence-corrected chi connectivity index (χ2v) is 6.14. The normalized spacial score (nSPS) is 11.3. The van der Waals surface area contributed by atoms with Crippen LogP contribution in [-0.2, 0) is 6.54 Å². The molecule has 0 fully saturated rings. The van der Waals surface area contributed by atoms with Gasteiger partial charge in [-0.25, -0.2) is 0 Å². The Kier molecular flexibility index (Phi) is 3.89. The van der Waals surface area contributed by atoms with Crippen LogP contribution in [0.15, 0.2) is 30.3 Å². The molecule has 3 rings (SSSR count). The number of rotatable bonds is 2. The molecule has 3 nitrogen and oxygen atoms in total. The maximum absolute atomic E-state index is 9.76. The van der Waals surface area contributed by atoms with E-state index < -0.39 is 0 Å². The number of hydrogen-bond acceptors (Lipinski definition) is 2. The van der Waals surface area contributed by atoms with E-state index in [2.05, 4.69) is 0 Å². The summed E-state index contributed by atoms with van der Waals surface area (Å²) >= 11 is 18.2. The van der Waals surface area contributed by atoms with Crippen molar-refractivity contribution in [1.29, 1.82) is 0 Å². The van der Waals surface area contributed by atoms with Crippen LogP contribution in [0.5, 0.6) is 11.5 Å². The molecule has 0 aliphatic heterocycles. The average molecular weight is 357 g/mol. The van der Waals surface area contributed by atoms with Gasteiger partial charge in [-0.2, -0.15) is 0 Å². The van der Waals surface area contributed by atoms with Crippen molar-refractivity contribution in [3.8, 4) is 22.8 Å². The molecule has 2 N–H and O–H groups in total. The summed E-state index contributed by atoms with van der Waals surface area (Å²) in [5, 5.41) is 21.1. The monoisotopic (exact) mass is 355 g/mol. The SMILES string of the molecule is CCn1c(-c2cc(Cl)c(O)c(Cl)c2)cc2c(Cl)cc(O)cc21. The lowest BCUT2D eigenvalue weighted by Crippen LogP contribution is -1.96. The van der Waals surface area contributed by atoms with Crippen molar-refractivity contribution in [2.75, 3.05) is 0 Å². The van der Waals surface area contributed by atoms with Crippen molar-refractivity contribution < 1.29 is 10.2 Å². The quantitative estimate of drug-likeness (QED) is 0.618. The predicted octanol–water partition coefficient (Wildman–Crippen LogP) is 5.70. The third-order valence-electron chi connectivity index (χ3n) is 3.58. The summed E-state index contributed by atoms with van der Waals surface area (Å²) in [6.45, 7) is 2.67. The van der Waals surface area contributed by atoms with Crippen LogP contribution >= 0.6 is 34.8 Å². The van der Waals surface area contributed by atoms with Gasteiger partial charge in [0.05, 0.1) is 20.6 Å². The number of phenols is 2. The Morgan fingerprint density at radius 3 is 2.14 bits per heavy atom. The minimum atomic E-state index is -0.137. The Morgan fingerprint density at radius 1 is 0.909 bits per heavy atom. The highest BCUT2D eigenvalue weighted by Gasteiger charge is 2.15. The predicted molar refractivity (Wildman–Crippen MR) is 91.4 cm³/mol. The lowest BCUT2D eigenvalue weighted by atomic mass is 10.1. The molecule has 2 aromatic carbocycles. The molecule has 0 aliphatic carbocycles. The number of halogens is 3. The molecule has 0 bridgehead atoms. The summed E-state index contributed by atoms with van der Waals surface area (Å²) in [6.07, 6.45) is 0. The van der Waals surface area contributed by atoms with Gasteiger partial charge in [-0.1, -0.05) is 34.8 Å². The molecule has 0 radical (unpaired) electrons. The summed E-state index contributed by atoms with van der Waals surface area (Å²) in [6, 6.07) is 8.38. The third-order valence-corrected chi connectivity index (χ3v) is 4.47. The van der Waals surface area contributed by atoms with E-state index >= 15 is 0 Å². The standard InChI is InChI=1S/C16H12Cl3NO2/c1-2-20-14(8-3-12(18)16(22)13(19)4-8)7-10-11(17)5-9(21)6-15(10)20/h3-7,21-22H,2H2,1H3. The van der Waals surface area contributed by atoms with E-state index in [9.17, 15) is 10.2 Å². The maximum Gasteiger partial charge on any atom is 0.152 e. The van der Waals surface area contributed by atoms with Crippen molar-refractivity contribution in [1.82, 2.24) is 4.57 Å². The lowest BCUT2D eigenvalue weighted by molar-refractivity contribution is 0.475. The molecule has 0 spiro atoms. The maximum atomic E-state index is 9.76. The molecular weight excluding hydrogens is 345 g/mol. The van der Waals surface area contributed by atoms with E-state index in [-0.39, 0.29) is 21.5 Å². The Hall–Kier alpha value is -1.55. The smallest absolute Gasteiger partial charge is 0.152 e. The van der Waals surface area contributed by atoms with Gasteiger partial charge in [0.1, 0.15) is 5.75 Å². The molecular formula is C16H12Cl3NO2. The fourth-order valence-corrected chi connectivity index (χ4v) is 3.34. The van der Waals surface area contributed by atoms with Gasteiger partial charge in [0, 0.05) is 29.3 Å². The Labute approximate surface area is 142 Å². The van der Waals surface area contributed by atoms with Crippen molar-refractivity contribution in [3.05, 3.63) is 45.4 Å². The minimum absolute atomic E-state index is 0.110. The molecule has 0 aliphatic rings. The Balaban J connectivity index is 2.34. The number of hydrogen-bond donors (Lipinski definition) is 2.